The molecule has 3 rings (SSSR count). The van der Waals surface area contributed by atoms with Crippen molar-refractivity contribution < 1.29 is 4.39 Å². The average molecular weight is 341 g/mol. The smallest absolute Gasteiger partial charge is 0.161 e. The Morgan fingerprint density at radius 3 is 2.48 bits per heavy atom. The first-order valence-corrected chi connectivity index (χ1v) is 8.05. The maximum atomic E-state index is 13.4. The van der Waals surface area contributed by atoms with Crippen LogP contribution in [0.3, 0.4) is 0 Å². The number of anilines is 1. The Morgan fingerprint density at radius 2 is 1.81 bits per heavy atom. The van der Waals surface area contributed by atoms with E-state index in [0.717, 1.165) is 10.9 Å². The van der Waals surface area contributed by atoms with Crippen molar-refractivity contribution in [1.82, 2.24) is 0 Å². The van der Waals surface area contributed by atoms with E-state index in [0.29, 0.717) is 5.69 Å². The maximum Gasteiger partial charge on any atom is 0.161 e. The van der Waals surface area contributed by atoms with Crippen LogP contribution in [0.15, 0.2) is 47.5 Å². The topological polar surface area (TPSA) is 24.4 Å². The summed E-state index contributed by atoms with van der Waals surface area (Å²) in [5.74, 6) is 0.265. The Balaban J connectivity index is 1.77. The second-order valence-corrected chi connectivity index (χ2v) is 6.37. The SMILES string of the molecule is Fc1c(Cl)cc(NC2=NC(c3ccccc3)CS2)cc1Cl. The predicted molar refractivity (Wildman–Crippen MR) is 89.1 cm³/mol. The van der Waals surface area contributed by atoms with E-state index in [1.807, 2.05) is 18.2 Å². The summed E-state index contributed by atoms with van der Waals surface area (Å²) in [4.78, 5) is 4.62. The van der Waals surface area contributed by atoms with Crippen LogP contribution in [0.4, 0.5) is 10.1 Å². The lowest BCUT2D eigenvalue weighted by atomic mass is 10.1. The van der Waals surface area contributed by atoms with Crippen molar-refractivity contribution in [2.75, 3.05) is 11.1 Å². The average Bonchev–Trinajstić information content (AvgIpc) is 2.94. The molecule has 2 aromatic carbocycles. The van der Waals surface area contributed by atoms with Crippen LogP contribution in [0.25, 0.3) is 0 Å². The van der Waals surface area contributed by atoms with Crippen molar-refractivity contribution in [3.8, 4) is 0 Å². The van der Waals surface area contributed by atoms with E-state index >= 15 is 0 Å². The summed E-state index contributed by atoms with van der Waals surface area (Å²) in [6.07, 6.45) is 0. The van der Waals surface area contributed by atoms with Crippen molar-refractivity contribution in [1.29, 1.82) is 0 Å². The molecule has 2 aromatic rings. The highest BCUT2D eigenvalue weighted by Gasteiger charge is 2.20. The highest BCUT2D eigenvalue weighted by molar-refractivity contribution is 8.14. The minimum atomic E-state index is -0.605. The van der Waals surface area contributed by atoms with Gasteiger partial charge < -0.3 is 5.32 Å². The molecule has 0 radical (unpaired) electrons. The number of rotatable bonds is 2. The number of amidine groups is 1. The van der Waals surface area contributed by atoms with Crippen LogP contribution in [-0.4, -0.2) is 10.9 Å². The van der Waals surface area contributed by atoms with Gasteiger partial charge in [0.1, 0.15) is 0 Å². The lowest BCUT2D eigenvalue weighted by Crippen LogP contribution is -2.05. The van der Waals surface area contributed by atoms with Gasteiger partial charge in [-0.25, -0.2) is 4.39 Å². The van der Waals surface area contributed by atoms with E-state index < -0.39 is 5.82 Å². The van der Waals surface area contributed by atoms with Crippen LogP contribution in [0.2, 0.25) is 10.0 Å². The van der Waals surface area contributed by atoms with Gasteiger partial charge in [0.25, 0.3) is 0 Å². The number of hydrogen-bond acceptors (Lipinski definition) is 3. The van der Waals surface area contributed by atoms with Gasteiger partial charge in [-0.05, 0) is 17.7 Å². The summed E-state index contributed by atoms with van der Waals surface area (Å²) in [6.45, 7) is 0. The molecule has 0 amide bonds. The molecule has 0 saturated carbocycles. The van der Waals surface area contributed by atoms with Gasteiger partial charge in [0, 0.05) is 11.4 Å². The number of nitrogens with zero attached hydrogens (tertiary/aromatic N) is 1. The fourth-order valence-electron chi connectivity index (χ4n) is 2.04. The fourth-order valence-corrected chi connectivity index (χ4v) is 3.50. The molecule has 6 heteroatoms. The summed E-state index contributed by atoms with van der Waals surface area (Å²) >= 11 is 13.2. The number of benzene rings is 2. The van der Waals surface area contributed by atoms with Gasteiger partial charge in [-0.3, -0.25) is 4.99 Å². The van der Waals surface area contributed by atoms with Gasteiger partial charge in [-0.1, -0.05) is 65.3 Å². The second-order valence-electron chi connectivity index (χ2n) is 4.55. The van der Waals surface area contributed by atoms with Crippen molar-refractivity contribution >= 4 is 45.8 Å². The largest absolute Gasteiger partial charge is 0.335 e. The number of aliphatic imine (C=N–C) groups is 1. The highest BCUT2D eigenvalue weighted by atomic mass is 35.5. The normalized spacial score (nSPS) is 17.7. The molecule has 1 aliphatic rings. The molecule has 1 atom stereocenters. The van der Waals surface area contributed by atoms with Crippen LogP contribution >= 0.6 is 35.0 Å². The highest BCUT2D eigenvalue weighted by Crippen LogP contribution is 2.32. The molecule has 0 fully saturated rings. The first-order chi connectivity index (χ1) is 10.1. The van der Waals surface area contributed by atoms with Gasteiger partial charge >= 0.3 is 0 Å². The van der Waals surface area contributed by atoms with Gasteiger partial charge in [0.05, 0.1) is 16.1 Å². The Hall–Kier alpha value is -1.23. The number of halogens is 3. The van der Waals surface area contributed by atoms with Crippen LogP contribution < -0.4 is 5.32 Å². The van der Waals surface area contributed by atoms with Crippen molar-refractivity contribution in [2.45, 2.75) is 6.04 Å². The standard InChI is InChI=1S/C15H11Cl2FN2S/c16-11-6-10(7-12(17)14(11)18)19-15-20-13(8-21-15)9-4-2-1-3-5-9/h1-7,13H,8H2,(H,19,20). The van der Waals surface area contributed by atoms with E-state index in [-0.39, 0.29) is 16.1 Å². The Kier molecular flexibility index (Phi) is 4.38. The third kappa shape index (κ3) is 3.34. The number of nitrogens with one attached hydrogen (secondary N) is 1. The predicted octanol–water partition coefficient (Wildman–Crippen LogP) is 5.39. The van der Waals surface area contributed by atoms with E-state index in [1.54, 1.807) is 11.8 Å². The molecule has 2 nitrogen and oxygen atoms in total. The van der Waals surface area contributed by atoms with E-state index in [2.05, 4.69) is 22.4 Å². The van der Waals surface area contributed by atoms with Gasteiger partial charge in [0.15, 0.2) is 11.0 Å². The van der Waals surface area contributed by atoms with Crippen LogP contribution in [-0.2, 0) is 0 Å². The summed E-state index contributed by atoms with van der Waals surface area (Å²) < 4.78 is 13.4. The van der Waals surface area contributed by atoms with Crippen molar-refractivity contribution in [3.63, 3.8) is 0 Å². The minimum Gasteiger partial charge on any atom is -0.335 e. The number of thioether (sulfide) groups is 1. The molecule has 0 spiro atoms. The lowest BCUT2D eigenvalue weighted by molar-refractivity contribution is 0.629. The first kappa shape index (κ1) is 14.7. The molecule has 0 aliphatic carbocycles. The zero-order valence-electron chi connectivity index (χ0n) is 10.8. The molecule has 1 heterocycles. The Labute approximate surface area is 136 Å². The monoisotopic (exact) mass is 340 g/mol. The molecule has 1 aliphatic heterocycles. The molecular formula is C15H11Cl2FN2S. The van der Waals surface area contributed by atoms with E-state index in [9.17, 15) is 4.39 Å². The summed E-state index contributed by atoms with van der Waals surface area (Å²) in [5.41, 5.74) is 1.81. The minimum absolute atomic E-state index is 0.00629. The van der Waals surface area contributed by atoms with E-state index in [4.69, 9.17) is 23.2 Å². The van der Waals surface area contributed by atoms with Crippen LogP contribution in [0.5, 0.6) is 0 Å². The van der Waals surface area contributed by atoms with Gasteiger partial charge in [0.2, 0.25) is 0 Å². The fraction of sp³-hybridized carbons (Fsp3) is 0.133. The molecule has 21 heavy (non-hydrogen) atoms. The molecular weight excluding hydrogens is 330 g/mol. The zero-order valence-corrected chi connectivity index (χ0v) is 13.1. The lowest BCUT2D eigenvalue weighted by Gasteiger charge is -2.07. The first-order valence-electron chi connectivity index (χ1n) is 6.30. The maximum absolute atomic E-state index is 13.4. The molecule has 0 bridgehead atoms. The molecule has 0 saturated heterocycles. The zero-order chi connectivity index (χ0) is 14.8. The third-order valence-corrected chi connectivity index (χ3v) is 4.58. The van der Waals surface area contributed by atoms with Crippen LogP contribution in [0.1, 0.15) is 11.6 Å². The summed E-state index contributed by atoms with van der Waals surface area (Å²) in [7, 11) is 0. The Bertz CT molecular complexity index is 668. The van der Waals surface area contributed by atoms with Crippen molar-refractivity contribution in [2.24, 2.45) is 4.99 Å². The summed E-state index contributed by atoms with van der Waals surface area (Å²) in [5, 5.41) is 3.89. The number of hydrogen-bond donors (Lipinski definition) is 1. The quantitative estimate of drug-likeness (QED) is 0.741. The van der Waals surface area contributed by atoms with Gasteiger partial charge in [-0.15, -0.1) is 0 Å². The molecule has 0 aromatic heterocycles. The Morgan fingerprint density at radius 1 is 1.14 bits per heavy atom. The molecule has 1 N–H and O–H groups in total. The second kappa shape index (κ2) is 6.26. The van der Waals surface area contributed by atoms with Gasteiger partial charge in [-0.2, -0.15) is 0 Å². The molecule has 1 unspecified atom stereocenters. The summed E-state index contributed by atoms with van der Waals surface area (Å²) in [6, 6.07) is 13.2. The molecule has 108 valence electrons. The van der Waals surface area contributed by atoms with Crippen LogP contribution in [0, 0.1) is 5.82 Å². The third-order valence-electron chi connectivity index (χ3n) is 3.07. The van der Waals surface area contributed by atoms with E-state index in [1.165, 1.54) is 17.7 Å². The van der Waals surface area contributed by atoms with Crippen molar-refractivity contribution in [3.05, 3.63) is 63.9 Å².